The molecule has 8 heteroatoms. The van der Waals surface area contributed by atoms with Crippen molar-refractivity contribution in [2.45, 2.75) is 0 Å². The van der Waals surface area contributed by atoms with Crippen molar-refractivity contribution in [1.29, 1.82) is 0 Å². The number of carbonyl (C=O) groups excluding carboxylic acids is 2. The van der Waals surface area contributed by atoms with Gasteiger partial charge in [-0.3, -0.25) is 4.79 Å². The van der Waals surface area contributed by atoms with E-state index in [0.717, 1.165) is 4.47 Å². The number of carbonyl (C=O) groups is 2. The van der Waals surface area contributed by atoms with E-state index in [1.165, 1.54) is 25.3 Å². The van der Waals surface area contributed by atoms with Crippen LogP contribution in [0, 0.1) is 0 Å². The Hall–Kier alpha value is -1.76. The molecule has 5 nitrogen and oxygen atoms in total. The molecule has 1 N–H and O–H groups in total. The number of ether oxygens (including phenoxy) is 2. The molecule has 2 rings (SSSR count). The first-order valence-electron chi connectivity index (χ1n) is 6.66. The quantitative estimate of drug-likeness (QED) is 0.703. The zero-order chi connectivity index (χ0) is 17.7. The lowest BCUT2D eigenvalue weighted by molar-refractivity contribution is -0.118. The summed E-state index contributed by atoms with van der Waals surface area (Å²) >= 11 is 15.3. The fourth-order valence-corrected chi connectivity index (χ4v) is 2.68. The highest BCUT2D eigenvalue weighted by atomic mass is 79.9. The number of benzene rings is 2. The van der Waals surface area contributed by atoms with E-state index < -0.39 is 11.9 Å². The average Bonchev–Trinajstić information content (AvgIpc) is 2.55. The number of rotatable bonds is 5. The van der Waals surface area contributed by atoms with Crippen LogP contribution >= 0.6 is 39.1 Å². The van der Waals surface area contributed by atoms with Gasteiger partial charge in [0, 0.05) is 4.47 Å². The molecule has 2 aromatic carbocycles. The topological polar surface area (TPSA) is 64.6 Å². The largest absolute Gasteiger partial charge is 0.482 e. The maximum Gasteiger partial charge on any atom is 0.337 e. The maximum atomic E-state index is 12.0. The second kappa shape index (κ2) is 8.37. The van der Waals surface area contributed by atoms with E-state index in [9.17, 15) is 9.59 Å². The standard InChI is InChI=1S/C16H12BrCl2NO4/c1-23-16(22)9-2-4-11(18)13(6-9)20-15(21)8-24-14-5-3-10(17)7-12(14)19/h2-7H,8H2,1H3,(H,20,21). The van der Waals surface area contributed by atoms with Crippen LogP contribution in [0.5, 0.6) is 5.75 Å². The Balaban J connectivity index is 2.03. The lowest BCUT2D eigenvalue weighted by Gasteiger charge is -2.11. The Labute approximate surface area is 157 Å². The van der Waals surface area contributed by atoms with Gasteiger partial charge in [-0.1, -0.05) is 39.1 Å². The van der Waals surface area contributed by atoms with E-state index in [0.29, 0.717) is 10.8 Å². The Morgan fingerprint density at radius 3 is 2.54 bits per heavy atom. The minimum absolute atomic E-state index is 0.264. The molecule has 0 heterocycles. The fraction of sp³-hybridized carbons (Fsp3) is 0.125. The van der Waals surface area contributed by atoms with Crippen LogP contribution in [0.15, 0.2) is 40.9 Å². The smallest absolute Gasteiger partial charge is 0.337 e. The summed E-state index contributed by atoms with van der Waals surface area (Å²) in [5.41, 5.74) is 0.559. The second-order valence-corrected chi connectivity index (χ2v) is 6.33. The molecule has 1 amide bonds. The van der Waals surface area contributed by atoms with Crippen molar-refractivity contribution in [3.63, 3.8) is 0 Å². The van der Waals surface area contributed by atoms with E-state index in [4.69, 9.17) is 27.9 Å². The van der Waals surface area contributed by atoms with Crippen molar-refractivity contribution in [2.75, 3.05) is 19.0 Å². The third-order valence-corrected chi connectivity index (χ3v) is 4.03. The summed E-state index contributed by atoms with van der Waals surface area (Å²) in [5.74, 6) is -0.595. The van der Waals surface area contributed by atoms with Gasteiger partial charge in [0.25, 0.3) is 5.91 Å². The molecule has 0 aliphatic heterocycles. The van der Waals surface area contributed by atoms with Crippen molar-refractivity contribution in [3.05, 3.63) is 56.5 Å². The molecular formula is C16H12BrCl2NO4. The first-order valence-corrected chi connectivity index (χ1v) is 8.21. The van der Waals surface area contributed by atoms with Crippen molar-refractivity contribution >= 4 is 56.7 Å². The Kier molecular flexibility index (Phi) is 6.48. The lowest BCUT2D eigenvalue weighted by atomic mass is 10.2. The van der Waals surface area contributed by atoms with Gasteiger partial charge >= 0.3 is 5.97 Å². The van der Waals surface area contributed by atoms with Gasteiger partial charge in [0.1, 0.15) is 5.75 Å². The number of esters is 1. The van der Waals surface area contributed by atoms with Crippen molar-refractivity contribution in [2.24, 2.45) is 0 Å². The molecule has 0 aliphatic rings. The predicted molar refractivity (Wildman–Crippen MR) is 96.1 cm³/mol. The summed E-state index contributed by atoms with van der Waals surface area (Å²) in [7, 11) is 1.27. The molecule has 0 saturated heterocycles. The van der Waals surface area contributed by atoms with E-state index in [2.05, 4.69) is 26.0 Å². The Morgan fingerprint density at radius 1 is 1.12 bits per heavy atom. The second-order valence-electron chi connectivity index (χ2n) is 4.60. The molecule has 0 atom stereocenters. The normalized spacial score (nSPS) is 10.2. The number of halogens is 3. The number of anilines is 1. The first kappa shape index (κ1) is 18.6. The van der Waals surface area contributed by atoms with E-state index >= 15 is 0 Å². The third kappa shape index (κ3) is 4.87. The van der Waals surface area contributed by atoms with Gasteiger partial charge in [-0.05, 0) is 36.4 Å². The molecule has 0 spiro atoms. The first-order chi connectivity index (χ1) is 11.4. The molecule has 0 bridgehead atoms. The van der Waals surface area contributed by atoms with Crippen LogP contribution in [0.4, 0.5) is 5.69 Å². The van der Waals surface area contributed by atoms with E-state index in [-0.39, 0.29) is 22.9 Å². The predicted octanol–water partition coefficient (Wildman–Crippen LogP) is 4.56. The molecular weight excluding hydrogens is 421 g/mol. The van der Waals surface area contributed by atoms with Gasteiger partial charge in [0.15, 0.2) is 6.61 Å². The van der Waals surface area contributed by atoms with E-state index in [1.807, 2.05) is 0 Å². The highest BCUT2D eigenvalue weighted by Gasteiger charge is 2.12. The van der Waals surface area contributed by atoms with Crippen LogP contribution in [0.2, 0.25) is 10.0 Å². The zero-order valence-corrected chi connectivity index (χ0v) is 15.5. The van der Waals surface area contributed by atoms with Gasteiger partial charge in [-0.2, -0.15) is 0 Å². The number of nitrogens with one attached hydrogen (secondary N) is 1. The number of hydrogen-bond donors (Lipinski definition) is 1. The van der Waals surface area contributed by atoms with Crippen molar-refractivity contribution < 1.29 is 19.1 Å². The summed E-state index contributed by atoms with van der Waals surface area (Å²) in [6.07, 6.45) is 0. The fourth-order valence-electron chi connectivity index (χ4n) is 1.79. The molecule has 0 saturated carbocycles. The van der Waals surface area contributed by atoms with Gasteiger partial charge in [0.05, 0.1) is 28.4 Å². The molecule has 2 aromatic rings. The van der Waals surface area contributed by atoms with Crippen LogP contribution < -0.4 is 10.1 Å². The molecule has 0 unspecified atom stereocenters. The van der Waals surface area contributed by atoms with E-state index in [1.54, 1.807) is 18.2 Å². The highest BCUT2D eigenvalue weighted by molar-refractivity contribution is 9.10. The Bertz CT molecular complexity index is 783. The minimum atomic E-state index is -0.528. The molecule has 0 aromatic heterocycles. The van der Waals surface area contributed by atoms with Crippen molar-refractivity contribution in [3.8, 4) is 5.75 Å². The maximum absolute atomic E-state index is 12.0. The summed E-state index contributed by atoms with van der Waals surface area (Å²) in [6.45, 7) is -0.264. The molecule has 24 heavy (non-hydrogen) atoms. The molecule has 126 valence electrons. The van der Waals surface area contributed by atoms with Crippen molar-refractivity contribution in [1.82, 2.24) is 0 Å². The third-order valence-electron chi connectivity index (χ3n) is 2.91. The lowest BCUT2D eigenvalue weighted by Crippen LogP contribution is -2.20. The zero-order valence-electron chi connectivity index (χ0n) is 12.4. The van der Waals surface area contributed by atoms with Crippen LogP contribution in [0.3, 0.4) is 0 Å². The number of hydrogen-bond acceptors (Lipinski definition) is 4. The van der Waals surface area contributed by atoms with Gasteiger partial charge in [-0.25, -0.2) is 4.79 Å². The van der Waals surface area contributed by atoms with Crippen LogP contribution in [-0.4, -0.2) is 25.6 Å². The van der Waals surface area contributed by atoms with Crippen LogP contribution in [-0.2, 0) is 9.53 Å². The number of methoxy groups -OCH3 is 1. The summed E-state index contributed by atoms with van der Waals surface area (Å²) in [4.78, 5) is 23.5. The minimum Gasteiger partial charge on any atom is -0.482 e. The monoisotopic (exact) mass is 431 g/mol. The van der Waals surface area contributed by atoms with Gasteiger partial charge < -0.3 is 14.8 Å². The summed E-state index contributed by atoms with van der Waals surface area (Å²) < 4.78 is 10.8. The van der Waals surface area contributed by atoms with Gasteiger partial charge in [0.2, 0.25) is 0 Å². The SMILES string of the molecule is COC(=O)c1ccc(Cl)c(NC(=O)COc2ccc(Br)cc2Cl)c1. The average molecular weight is 433 g/mol. The number of amides is 1. The molecule has 0 radical (unpaired) electrons. The van der Waals surface area contributed by atoms with Crippen LogP contribution in [0.25, 0.3) is 0 Å². The van der Waals surface area contributed by atoms with Gasteiger partial charge in [-0.15, -0.1) is 0 Å². The summed E-state index contributed by atoms with van der Waals surface area (Å²) in [5, 5.41) is 3.24. The summed E-state index contributed by atoms with van der Waals surface area (Å²) in [6, 6.07) is 9.47. The molecule has 0 fully saturated rings. The molecule has 0 aliphatic carbocycles. The Morgan fingerprint density at radius 2 is 1.88 bits per heavy atom. The highest BCUT2D eigenvalue weighted by Crippen LogP contribution is 2.28. The van der Waals surface area contributed by atoms with Crippen LogP contribution in [0.1, 0.15) is 10.4 Å².